The van der Waals surface area contributed by atoms with Gasteiger partial charge in [0.15, 0.2) is 4.34 Å². The van der Waals surface area contributed by atoms with Crippen molar-refractivity contribution in [3.05, 3.63) is 80.9 Å². The second kappa shape index (κ2) is 12.2. The monoisotopic (exact) mass is 575 g/mol. The molecule has 0 aliphatic carbocycles. The summed E-state index contributed by atoms with van der Waals surface area (Å²) in [6.07, 6.45) is 1.63. The van der Waals surface area contributed by atoms with E-state index >= 15 is 0 Å². The molecule has 0 radical (unpaired) electrons. The molecule has 1 aliphatic rings. The Morgan fingerprint density at radius 2 is 1.90 bits per heavy atom. The summed E-state index contributed by atoms with van der Waals surface area (Å²) >= 11 is 2.91. The SMILES string of the molecule is Cc1cc(C)c(NC(=O)CSc2nc3ccc(N=Cc4ccc(N5CCOCC5)c([N+](=O)[O-])c4)cc3s2)c(C)c1. The first-order valence-electron chi connectivity index (χ1n) is 12.8. The number of amides is 1. The number of nitro benzene ring substituents is 1. The Morgan fingerprint density at radius 1 is 1.15 bits per heavy atom. The highest BCUT2D eigenvalue weighted by atomic mass is 32.2. The number of nitro groups is 1. The molecule has 3 aromatic carbocycles. The van der Waals surface area contributed by atoms with Crippen LogP contribution in [0.4, 0.5) is 22.7 Å². The first-order valence-corrected chi connectivity index (χ1v) is 14.6. The standard InChI is InChI=1S/C29H29N5O4S2/c1-18-12-19(2)28(20(3)13-18)32-27(35)17-39-29-31-23-6-5-22(15-26(23)40-29)30-16-21-4-7-24(25(14-21)34(36)37)33-8-10-38-11-9-33/h4-7,12-16H,8-11,17H2,1-3H3,(H,32,35). The fourth-order valence-corrected chi connectivity index (χ4v) is 6.60. The average molecular weight is 576 g/mol. The van der Waals surface area contributed by atoms with E-state index in [0.717, 1.165) is 37.1 Å². The van der Waals surface area contributed by atoms with Gasteiger partial charge in [0.2, 0.25) is 5.91 Å². The smallest absolute Gasteiger partial charge is 0.293 e. The number of anilines is 2. The highest BCUT2D eigenvalue weighted by Gasteiger charge is 2.21. The van der Waals surface area contributed by atoms with Gasteiger partial charge in [-0.15, -0.1) is 11.3 Å². The number of ether oxygens (including phenoxy) is 1. The molecule has 2 heterocycles. The number of benzene rings is 3. The van der Waals surface area contributed by atoms with Gasteiger partial charge in [0, 0.05) is 31.1 Å². The molecule has 0 bridgehead atoms. The summed E-state index contributed by atoms with van der Waals surface area (Å²) in [4.78, 5) is 35.2. The lowest BCUT2D eigenvalue weighted by Crippen LogP contribution is -2.36. The van der Waals surface area contributed by atoms with Gasteiger partial charge in [-0.05, 0) is 61.7 Å². The largest absolute Gasteiger partial charge is 0.378 e. The number of morpholine rings is 1. The number of carbonyl (C=O) groups is 1. The van der Waals surface area contributed by atoms with E-state index in [-0.39, 0.29) is 22.3 Å². The van der Waals surface area contributed by atoms with E-state index in [1.165, 1.54) is 28.7 Å². The van der Waals surface area contributed by atoms with Crippen molar-refractivity contribution in [1.29, 1.82) is 0 Å². The lowest BCUT2D eigenvalue weighted by Gasteiger charge is -2.28. The van der Waals surface area contributed by atoms with E-state index in [2.05, 4.69) is 27.4 Å². The zero-order valence-electron chi connectivity index (χ0n) is 22.5. The van der Waals surface area contributed by atoms with Crippen LogP contribution >= 0.6 is 23.1 Å². The van der Waals surface area contributed by atoms with Gasteiger partial charge in [-0.2, -0.15) is 0 Å². The number of aromatic nitrogens is 1. The zero-order chi connectivity index (χ0) is 28.2. The van der Waals surface area contributed by atoms with Crippen LogP contribution in [0, 0.1) is 30.9 Å². The van der Waals surface area contributed by atoms with E-state index in [0.29, 0.717) is 37.6 Å². The van der Waals surface area contributed by atoms with Crippen LogP contribution in [0.1, 0.15) is 22.3 Å². The number of nitrogens with one attached hydrogen (secondary N) is 1. The quantitative estimate of drug-likeness (QED) is 0.111. The second-order valence-electron chi connectivity index (χ2n) is 9.61. The first kappa shape index (κ1) is 27.8. The van der Waals surface area contributed by atoms with Crippen LogP contribution in [-0.2, 0) is 9.53 Å². The van der Waals surface area contributed by atoms with E-state index in [9.17, 15) is 14.9 Å². The van der Waals surface area contributed by atoms with Crippen LogP contribution in [0.3, 0.4) is 0 Å². The highest BCUT2D eigenvalue weighted by molar-refractivity contribution is 8.01. The van der Waals surface area contributed by atoms with Crippen LogP contribution in [-0.4, -0.2) is 54.1 Å². The van der Waals surface area contributed by atoms with Crippen LogP contribution < -0.4 is 10.2 Å². The fourth-order valence-electron chi connectivity index (χ4n) is 4.70. The van der Waals surface area contributed by atoms with Crippen molar-refractivity contribution in [1.82, 2.24) is 4.98 Å². The number of fused-ring (bicyclic) bond motifs is 1. The predicted molar refractivity (Wildman–Crippen MR) is 163 cm³/mol. The maximum atomic E-state index is 12.6. The summed E-state index contributed by atoms with van der Waals surface area (Å²) in [6.45, 7) is 8.40. The third-order valence-corrected chi connectivity index (χ3v) is 8.69. The number of thioether (sulfide) groups is 1. The van der Waals surface area contributed by atoms with E-state index in [4.69, 9.17) is 4.74 Å². The second-order valence-corrected chi connectivity index (χ2v) is 11.9. The molecule has 0 spiro atoms. The first-order chi connectivity index (χ1) is 19.3. The molecular formula is C29H29N5O4S2. The molecule has 1 aliphatic heterocycles. The molecule has 1 N–H and O–H groups in total. The molecule has 5 rings (SSSR count). The Balaban J connectivity index is 1.25. The van der Waals surface area contributed by atoms with Crippen molar-refractivity contribution in [2.75, 3.05) is 42.3 Å². The van der Waals surface area contributed by atoms with Gasteiger partial charge < -0.3 is 15.0 Å². The minimum Gasteiger partial charge on any atom is -0.378 e. The van der Waals surface area contributed by atoms with Gasteiger partial charge in [0.1, 0.15) is 5.69 Å². The number of nitrogens with zero attached hydrogens (tertiary/aromatic N) is 4. The van der Waals surface area contributed by atoms with Crippen molar-refractivity contribution in [3.63, 3.8) is 0 Å². The molecular weight excluding hydrogens is 546 g/mol. The van der Waals surface area contributed by atoms with E-state index in [1.807, 2.05) is 49.9 Å². The number of rotatable bonds is 8. The highest BCUT2D eigenvalue weighted by Crippen LogP contribution is 2.33. The molecule has 0 saturated carbocycles. The summed E-state index contributed by atoms with van der Waals surface area (Å²) in [7, 11) is 0. The number of aliphatic imine (C=N–C) groups is 1. The van der Waals surface area contributed by atoms with Crippen molar-refractivity contribution < 1.29 is 14.5 Å². The number of thiazole rings is 1. The number of hydrogen-bond acceptors (Lipinski definition) is 9. The third kappa shape index (κ3) is 6.49. The van der Waals surface area contributed by atoms with Crippen molar-refractivity contribution in [2.45, 2.75) is 25.1 Å². The van der Waals surface area contributed by atoms with Crippen LogP contribution in [0.2, 0.25) is 0 Å². The predicted octanol–water partition coefficient (Wildman–Crippen LogP) is 6.45. The Bertz CT molecular complexity index is 1590. The third-order valence-electron chi connectivity index (χ3n) is 6.53. The van der Waals surface area contributed by atoms with Gasteiger partial charge in [0.05, 0.1) is 39.8 Å². The molecule has 40 heavy (non-hydrogen) atoms. The van der Waals surface area contributed by atoms with Gasteiger partial charge in [-0.1, -0.05) is 35.5 Å². The molecule has 1 fully saturated rings. The molecule has 4 aromatic rings. The van der Waals surface area contributed by atoms with Gasteiger partial charge in [-0.3, -0.25) is 19.9 Å². The van der Waals surface area contributed by atoms with E-state index < -0.39 is 0 Å². The van der Waals surface area contributed by atoms with Crippen molar-refractivity contribution in [3.8, 4) is 0 Å². The maximum absolute atomic E-state index is 12.6. The van der Waals surface area contributed by atoms with E-state index in [1.54, 1.807) is 18.3 Å². The van der Waals surface area contributed by atoms with Crippen LogP contribution in [0.25, 0.3) is 10.2 Å². The van der Waals surface area contributed by atoms with Gasteiger partial charge in [-0.25, -0.2) is 4.98 Å². The Labute approximate surface area is 240 Å². The average Bonchev–Trinajstić information content (AvgIpc) is 3.35. The molecule has 11 heteroatoms. The number of aryl methyl sites for hydroxylation is 3. The number of hydrogen-bond donors (Lipinski definition) is 1. The Hall–Kier alpha value is -3.80. The summed E-state index contributed by atoms with van der Waals surface area (Å²) in [5.41, 5.74) is 6.99. The molecule has 206 valence electrons. The molecule has 9 nitrogen and oxygen atoms in total. The summed E-state index contributed by atoms with van der Waals surface area (Å²) in [6, 6.07) is 15.0. The Morgan fingerprint density at radius 3 is 2.62 bits per heavy atom. The lowest BCUT2D eigenvalue weighted by atomic mass is 10.1. The molecule has 1 saturated heterocycles. The minimum absolute atomic E-state index is 0.0576. The van der Waals surface area contributed by atoms with Crippen molar-refractivity contribution in [2.24, 2.45) is 4.99 Å². The summed E-state index contributed by atoms with van der Waals surface area (Å²) in [5, 5.41) is 14.8. The maximum Gasteiger partial charge on any atom is 0.293 e. The topological polar surface area (TPSA) is 110 Å². The normalized spacial score (nSPS) is 13.7. The minimum atomic E-state index is -0.353. The zero-order valence-corrected chi connectivity index (χ0v) is 24.1. The van der Waals surface area contributed by atoms with Crippen molar-refractivity contribution >= 4 is 68.2 Å². The Kier molecular flexibility index (Phi) is 8.43. The van der Waals surface area contributed by atoms with Gasteiger partial charge in [0.25, 0.3) is 5.69 Å². The lowest BCUT2D eigenvalue weighted by molar-refractivity contribution is -0.384. The number of carbonyl (C=O) groups excluding carboxylic acids is 1. The molecule has 0 atom stereocenters. The van der Waals surface area contributed by atoms with Crippen LogP contribution in [0.15, 0.2) is 57.9 Å². The fraction of sp³-hybridized carbons (Fsp3) is 0.276. The van der Waals surface area contributed by atoms with Gasteiger partial charge >= 0.3 is 0 Å². The molecule has 0 unspecified atom stereocenters. The van der Waals surface area contributed by atoms with Crippen LogP contribution in [0.5, 0.6) is 0 Å². The summed E-state index contributed by atoms with van der Waals surface area (Å²) < 4.78 is 7.12. The summed E-state index contributed by atoms with van der Waals surface area (Å²) in [5.74, 6) is 0.190. The molecule has 1 aromatic heterocycles. The molecule has 1 amide bonds.